The number of anilines is 2. The molecular weight excluding hydrogens is 384 g/mol. The third-order valence-corrected chi connectivity index (χ3v) is 5.78. The van der Waals surface area contributed by atoms with Crippen molar-refractivity contribution < 1.29 is 8.78 Å². The summed E-state index contributed by atoms with van der Waals surface area (Å²) in [5.74, 6) is 6.51. The predicted molar refractivity (Wildman–Crippen MR) is 112 cm³/mol. The van der Waals surface area contributed by atoms with Gasteiger partial charge in [0, 0.05) is 29.1 Å². The fourth-order valence-electron chi connectivity index (χ4n) is 3.67. The first kappa shape index (κ1) is 18.5. The largest absolute Gasteiger partial charge is 0.329 e. The maximum absolute atomic E-state index is 14.4. The number of nitrogens with zero attached hydrogens (tertiary/aromatic N) is 5. The molecule has 0 saturated heterocycles. The average molecular weight is 403 g/mol. The summed E-state index contributed by atoms with van der Waals surface area (Å²) in [6.07, 6.45) is 4.72. The Morgan fingerprint density at radius 3 is 2.73 bits per heavy atom. The molecule has 2 heterocycles. The van der Waals surface area contributed by atoms with Gasteiger partial charge >= 0.3 is 0 Å². The molecule has 1 aliphatic carbocycles. The minimum Gasteiger partial charge on any atom is -0.329 e. The third kappa shape index (κ3) is 3.14. The Hall–Kier alpha value is -3.53. The SMILES string of the molecule is CCC1(C#Cc2cc(F)cc(N(C)c3nc4nncn4c4ccc(F)cc34)c2)CC1. The highest BCUT2D eigenvalue weighted by atomic mass is 19.1. The second kappa shape index (κ2) is 6.77. The topological polar surface area (TPSA) is 46.3 Å². The summed E-state index contributed by atoms with van der Waals surface area (Å²) in [5, 5.41) is 8.49. The van der Waals surface area contributed by atoms with Crippen molar-refractivity contribution in [2.75, 3.05) is 11.9 Å². The Labute approximate surface area is 172 Å². The van der Waals surface area contributed by atoms with Gasteiger partial charge in [0.25, 0.3) is 5.78 Å². The molecule has 0 aliphatic heterocycles. The summed E-state index contributed by atoms with van der Waals surface area (Å²) in [5.41, 5.74) is 1.98. The zero-order valence-electron chi connectivity index (χ0n) is 16.7. The Kier molecular flexibility index (Phi) is 4.17. The predicted octanol–water partition coefficient (Wildman–Crippen LogP) is 4.87. The van der Waals surface area contributed by atoms with Crippen LogP contribution in [-0.4, -0.2) is 26.6 Å². The quantitative estimate of drug-likeness (QED) is 0.458. The summed E-state index contributed by atoms with van der Waals surface area (Å²) >= 11 is 0. The van der Waals surface area contributed by atoms with Crippen molar-refractivity contribution >= 4 is 28.2 Å². The van der Waals surface area contributed by atoms with Crippen molar-refractivity contribution in [3.63, 3.8) is 0 Å². The van der Waals surface area contributed by atoms with Crippen LogP contribution >= 0.6 is 0 Å². The maximum Gasteiger partial charge on any atom is 0.257 e. The summed E-state index contributed by atoms with van der Waals surface area (Å²) < 4.78 is 30.1. The van der Waals surface area contributed by atoms with E-state index in [1.807, 2.05) is 6.07 Å². The highest BCUT2D eigenvalue weighted by molar-refractivity contribution is 5.93. The van der Waals surface area contributed by atoms with E-state index in [9.17, 15) is 8.78 Å². The van der Waals surface area contributed by atoms with E-state index >= 15 is 0 Å². The van der Waals surface area contributed by atoms with Gasteiger partial charge < -0.3 is 4.90 Å². The van der Waals surface area contributed by atoms with Gasteiger partial charge in [-0.1, -0.05) is 18.8 Å². The lowest BCUT2D eigenvalue weighted by atomic mass is 10.0. The molecule has 0 radical (unpaired) electrons. The fraction of sp³-hybridized carbons (Fsp3) is 0.261. The lowest BCUT2D eigenvalue weighted by Gasteiger charge is -2.21. The minimum absolute atomic E-state index is 0.0897. The molecule has 0 amide bonds. The molecule has 1 aliphatic rings. The molecule has 7 heteroatoms. The van der Waals surface area contributed by atoms with Gasteiger partial charge in [-0.2, -0.15) is 4.98 Å². The van der Waals surface area contributed by atoms with Gasteiger partial charge in [0.15, 0.2) is 0 Å². The molecular formula is C23H19F2N5. The third-order valence-electron chi connectivity index (χ3n) is 5.78. The van der Waals surface area contributed by atoms with Crippen LogP contribution in [0.15, 0.2) is 42.7 Å². The zero-order chi connectivity index (χ0) is 20.9. The smallest absolute Gasteiger partial charge is 0.257 e. The summed E-state index contributed by atoms with van der Waals surface area (Å²) in [6.45, 7) is 2.13. The Balaban J connectivity index is 1.63. The second-order valence-corrected chi connectivity index (χ2v) is 7.74. The number of aromatic nitrogens is 4. The van der Waals surface area contributed by atoms with Gasteiger partial charge in [-0.15, -0.1) is 10.2 Å². The molecule has 0 N–H and O–H groups in total. The van der Waals surface area contributed by atoms with E-state index in [0.717, 1.165) is 19.3 Å². The summed E-state index contributed by atoms with van der Waals surface area (Å²) in [6, 6.07) is 9.11. The van der Waals surface area contributed by atoms with Crippen LogP contribution in [0.25, 0.3) is 16.7 Å². The Bertz CT molecular complexity index is 1340. The van der Waals surface area contributed by atoms with E-state index in [1.165, 1.54) is 30.6 Å². The average Bonchev–Trinajstić information content (AvgIpc) is 3.37. The molecule has 5 rings (SSSR count). The number of fused-ring (bicyclic) bond motifs is 3. The molecule has 150 valence electrons. The van der Waals surface area contributed by atoms with Crippen molar-refractivity contribution in [3.8, 4) is 11.8 Å². The highest BCUT2D eigenvalue weighted by Gasteiger charge is 2.38. The van der Waals surface area contributed by atoms with Gasteiger partial charge in [0.1, 0.15) is 23.8 Å². The molecule has 5 nitrogen and oxygen atoms in total. The number of benzene rings is 2. The second-order valence-electron chi connectivity index (χ2n) is 7.74. The minimum atomic E-state index is -0.385. The Morgan fingerprint density at radius 2 is 1.97 bits per heavy atom. The van der Waals surface area contributed by atoms with E-state index < -0.39 is 0 Å². The number of rotatable bonds is 3. The van der Waals surface area contributed by atoms with Crippen LogP contribution in [0.4, 0.5) is 20.3 Å². The van der Waals surface area contributed by atoms with Crippen LogP contribution in [0.3, 0.4) is 0 Å². The van der Waals surface area contributed by atoms with Gasteiger partial charge in [0.2, 0.25) is 0 Å². The lowest BCUT2D eigenvalue weighted by molar-refractivity contribution is 0.627. The molecule has 0 unspecified atom stereocenters. The number of hydrogen-bond acceptors (Lipinski definition) is 4. The maximum atomic E-state index is 14.4. The van der Waals surface area contributed by atoms with Crippen molar-refractivity contribution in [3.05, 3.63) is 59.9 Å². The van der Waals surface area contributed by atoms with E-state index in [1.54, 1.807) is 22.4 Å². The van der Waals surface area contributed by atoms with Crippen LogP contribution < -0.4 is 4.90 Å². The van der Waals surface area contributed by atoms with Crippen LogP contribution in [-0.2, 0) is 0 Å². The standard InChI is InChI=1S/C23H19F2N5/c1-3-23(8-9-23)7-6-15-10-17(25)12-18(11-15)29(2)21-19-13-16(24)4-5-20(19)30-14-26-28-22(30)27-21/h4-5,10-14H,3,8-9H2,1-2H3. The molecule has 30 heavy (non-hydrogen) atoms. The van der Waals surface area contributed by atoms with Crippen LogP contribution in [0.1, 0.15) is 31.7 Å². The van der Waals surface area contributed by atoms with E-state index in [0.29, 0.717) is 33.7 Å². The van der Waals surface area contributed by atoms with Crippen molar-refractivity contribution in [2.24, 2.45) is 5.41 Å². The van der Waals surface area contributed by atoms with E-state index in [2.05, 4.69) is 33.9 Å². The molecule has 4 aromatic rings. The monoisotopic (exact) mass is 403 g/mol. The summed E-state index contributed by atoms with van der Waals surface area (Å²) in [7, 11) is 1.76. The van der Waals surface area contributed by atoms with E-state index in [-0.39, 0.29) is 17.0 Å². The zero-order valence-corrected chi connectivity index (χ0v) is 16.7. The first-order valence-corrected chi connectivity index (χ1v) is 9.84. The molecule has 0 atom stereocenters. The molecule has 0 bridgehead atoms. The van der Waals surface area contributed by atoms with Crippen LogP contribution in [0.2, 0.25) is 0 Å². The molecule has 1 saturated carbocycles. The molecule has 2 aromatic carbocycles. The van der Waals surface area contributed by atoms with Gasteiger partial charge in [-0.05, 0) is 55.7 Å². The molecule has 1 fully saturated rings. The Morgan fingerprint density at radius 1 is 1.13 bits per heavy atom. The van der Waals surface area contributed by atoms with Gasteiger partial charge in [-0.3, -0.25) is 4.40 Å². The number of halogens is 2. The molecule has 0 spiro atoms. The normalized spacial score (nSPS) is 14.5. The summed E-state index contributed by atoms with van der Waals surface area (Å²) in [4.78, 5) is 6.26. The number of hydrogen-bond donors (Lipinski definition) is 0. The molecule has 2 aromatic heterocycles. The fourth-order valence-corrected chi connectivity index (χ4v) is 3.67. The van der Waals surface area contributed by atoms with Crippen molar-refractivity contribution in [2.45, 2.75) is 26.2 Å². The first-order valence-electron chi connectivity index (χ1n) is 9.84. The van der Waals surface area contributed by atoms with Crippen LogP contribution in [0.5, 0.6) is 0 Å². The van der Waals surface area contributed by atoms with E-state index in [4.69, 9.17) is 0 Å². The van der Waals surface area contributed by atoms with Crippen molar-refractivity contribution in [1.29, 1.82) is 0 Å². The first-order chi connectivity index (χ1) is 14.5. The van der Waals surface area contributed by atoms with Gasteiger partial charge in [-0.25, -0.2) is 8.78 Å². The van der Waals surface area contributed by atoms with Crippen LogP contribution in [0, 0.1) is 28.9 Å². The van der Waals surface area contributed by atoms with Gasteiger partial charge in [0.05, 0.1) is 5.52 Å². The highest BCUT2D eigenvalue weighted by Crippen LogP contribution is 2.48. The van der Waals surface area contributed by atoms with Crippen molar-refractivity contribution in [1.82, 2.24) is 19.6 Å². The lowest BCUT2D eigenvalue weighted by Crippen LogP contribution is -2.13.